The molecule has 1 aliphatic rings. The molecule has 0 amide bonds. The van der Waals surface area contributed by atoms with Gasteiger partial charge in [0.2, 0.25) is 0 Å². The molecule has 0 unspecified atom stereocenters. The molecule has 1 heterocycles. The molecule has 0 radical (unpaired) electrons. The normalized spacial score (nSPS) is 17.4. The maximum Gasteiger partial charge on any atom is 0.160 e. The molecule has 0 atom stereocenters. The monoisotopic (exact) mass is 207 g/mol. The smallest absolute Gasteiger partial charge is 0.160 e. The maximum atomic E-state index is 9.46. The standard InChI is InChI=1S/C12H17NO2/c1-13-8-10(9-13)6-7-15-12-5-3-2-4-11(12)14/h2-5,10,14H,6-9H2,1H3. The van der Waals surface area contributed by atoms with Crippen molar-refractivity contribution >= 4 is 0 Å². The van der Waals surface area contributed by atoms with Gasteiger partial charge in [0.1, 0.15) is 0 Å². The summed E-state index contributed by atoms with van der Waals surface area (Å²) in [7, 11) is 2.13. The molecule has 1 aliphatic heterocycles. The average molecular weight is 207 g/mol. The number of hydrogen-bond acceptors (Lipinski definition) is 3. The van der Waals surface area contributed by atoms with Gasteiger partial charge in [-0.15, -0.1) is 0 Å². The van der Waals surface area contributed by atoms with E-state index in [2.05, 4.69) is 11.9 Å². The van der Waals surface area contributed by atoms with Crippen molar-refractivity contribution in [1.82, 2.24) is 4.90 Å². The molecule has 82 valence electrons. The lowest BCUT2D eigenvalue weighted by molar-refractivity contribution is 0.110. The molecule has 1 aromatic carbocycles. The summed E-state index contributed by atoms with van der Waals surface area (Å²) in [5, 5.41) is 9.46. The molecule has 0 spiro atoms. The molecular formula is C12H17NO2. The molecule has 0 aromatic heterocycles. The third-order valence-electron chi connectivity index (χ3n) is 2.79. The molecule has 0 saturated carbocycles. The molecule has 1 aromatic rings. The van der Waals surface area contributed by atoms with E-state index in [4.69, 9.17) is 4.74 Å². The number of hydrogen-bond donors (Lipinski definition) is 1. The summed E-state index contributed by atoms with van der Waals surface area (Å²) in [6.45, 7) is 3.03. The predicted molar refractivity (Wildman–Crippen MR) is 59.2 cm³/mol. The topological polar surface area (TPSA) is 32.7 Å². The van der Waals surface area contributed by atoms with Crippen molar-refractivity contribution in [2.24, 2.45) is 5.92 Å². The second kappa shape index (κ2) is 4.53. The van der Waals surface area contributed by atoms with E-state index >= 15 is 0 Å². The van der Waals surface area contributed by atoms with E-state index in [-0.39, 0.29) is 5.75 Å². The van der Waals surface area contributed by atoms with Crippen LogP contribution in [0.5, 0.6) is 11.5 Å². The summed E-state index contributed by atoms with van der Waals surface area (Å²) in [4.78, 5) is 2.30. The minimum Gasteiger partial charge on any atom is -0.504 e. The van der Waals surface area contributed by atoms with Crippen LogP contribution in [0.15, 0.2) is 24.3 Å². The summed E-state index contributed by atoms with van der Waals surface area (Å²) < 4.78 is 5.51. The molecule has 15 heavy (non-hydrogen) atoms. The SMILES string of the molecule is CN1CC(CCOc2ccccc2O)C1. The van der Waals surface area contributed by atoms with Crippen LogP contribution in [0.3, 0.4) is 0 Å². The molecule has 0 aliphatic carbocycles. The van der Waals surface area contributed by atoms with Crippen molar-refractivity contribution in [3.8, 4) is 11.5 Å². The molecule has 3 nitrogen and oxygen atoms in total. The highest BCUT2D eigenvalue weighted by Crippen LogP contribution is 2.25. The van der Waals surface area contributed by atoms with Gasteiger partial charge in [0.25, 0.3) is 0 Å². The van der Waals surface area contributed by atoms with Crippen LogP contribution in [-0.4, -0.2) is 36.8 Å². The van der Waals surface area contributed by atoms with Gasteiger partial charge in [-0.1, -0.05) is 12.1 Å². The first-order chi connectivity index (χ1) is 7.25. The van der Waals surface area contributed by atoms with Gasteiger partial charge < -0.3 is 14.7 Å². The Bertz CT molecular complexity index is 321. The summed E-state index contributed by atoms with van der Waals surface area (Å²) in [6.07, 6.45) is 1.07. The third-order valence-corrected chi connectivity index (χ3v) is 2.79. The summed E-state index contributed by atoms with van der Waals surface area (Å²) in [6, 6.07) is 7.10. The fourth-order valence-corrected chi connectivity index (χ4v) is 1.93. The van der Waals surface area contributed by atoms with Crippen LogP contribution < -0.4 is 4.74 Å². The number of ether oxygens (including phenoxy) is 1. The molecule has 1 fully saturated rings. The lowest BCUT2D eigenvalue weighted by atomic mass is 9.98. The van der Waals surface area contributed by atoms with E-state index in [0.717, 1.165) is 12.3 Å². The first kappa shape index (κ1) is 10.3. The van der Waals surface area contributed by atoms with E-state index in [9.17, 15) is 5.11 Å². The fraction of sp³-hybridized carbons (Fsp3) is 0.500. The Morgan fingerprint density at radius 2 is 2.13 bits per heavy atom. The van der Waals surface area contributed by atoms with Crippen molar-refractivity contribution < 1.29 is 9.84 Å². The van der Waals surface area contributed by atoms with Crippen LogP contribution >= 0.6 is 0 Å². The van der Waals surface area contributed by atoms with Crippen molar-refractivity contribution in [2.75, 3.05) is 26.7 Å². The van der Waals surface area contributed by atoms with Crippen molar-refractivity contribution in [1.29, 1.82) is 0 Å². The molecule has 1 N–H and O–H groups in total. The maximum absolute atomic E-state index is 9.46. The quantitative estimate of drug-likeness (QED) is 0.816. The van der Waals surface area contributed by atoms with E-state index < -0.39 is 0 Å². The Hall–Kier alpha value is -1.22. The van der Waals surface area contributed by atoms with E-state index in [1.807, 2.05) is 6.07 Å². The zero-order chi connectivity index (χ0) is 10.7. The van der Waals surface area contributed by atoms with Crippen LogP contribution in [0.1, 0.15) is 6.42 Å². The highest BCUT2D eigenvalue weighted by Gasteiger charge is 2.22. The van der Waals surface area contributed by atoms with Crippen LogP contribution in [0.25, 0.3) is 0 Å². The highest BCUT2D eigenvalue weighted by molar-refractivity contribution is 5.37. The second-order valence-corrected chi connectivity index (χ2v) is 4.19. The van der Waals surface area contributed by atoms with Gasteiger partial charge in [-0.05, 0) is 31.5 Å². The van der Waals surface area contributed by atoms with Gasteiger partial charge >= 0.3 is 0 Å². The molecule has 1 saturated heterocycles. The number of phenolic OH excluding ortho intramolecular Hbond substituents is 1. The number of aromatic hydroxyl groups is 1. The van der Waals surface area contributed by atoms with Crippen molar-refractivity contribution in [2.45, 2.75) is 6.42 Å². The van der Waals surface area contributed by atoms with Gasteiger partial charge in [0.15, 0.2) is 11.5 Å². The van der Waals surface area contributed by atoms with Crippen molar-refractivity contribution in [3.05, 3.63) is 24.3 Å². The Kier molecular flexibility index (Phi) is 3.11. The van der Waals surface area contributed by atoms with Gasteiger partial charge in [-0.2, -0.15) is 0 Å². The zero-order valence-electron chi connectivity index (χ0n) is 9.02. The Morgan fingerprint density at radius 3 is 2.80 bits per heavy atom. The number of benzene rings is 1. The average Bonchev–Trinajstić information content (AvgIpc) is 2.18. The lowest BCUT2D eigenvalue weighted by Gasteiger charge is -2.36. The minimum atomic E-state index is 0.225. The van der Waals surface area contributed by atoms with Crippen molar-refractivity contribution in [3.63, 3.8) is 0 Å². The molecule has 2 rings (SSSR count). The van der Waals surface area contributed by atoms with E-state index in [1.54, 1.807) is 18.2 Å². The van der Waals surface area contributed by atoms with E-state index in [1.165, 1.54) is 13.1 Å². The zero-order valence-corrected chi connectivity index (χ0v) is 9.02. The lowest BCUT2D eigenvalue weighted by Crippen LogP contribution is -2.44. The number of nitrogens with zero attached hydrogens (tertiary/aromatic N) is 1. The van der Waals surface area contributed by atoms with Gasteiger partial charge in [-0.25, -0.2) is 0 Å². The number of phenols is 1. The first-order valence-corrected chi connectivity index (χ1v) is 5.35. The third kappa shape index (κ3) is 2.63. The Morgan fingerprint density at radius 1 is 1.40 bits per heavy atom. The fourth-order valence-electron chi connectivity index (χ4n) is 1.93. The first-order valence-electron chi connectivity index (χ1n) is 5.35. The number of rotatable bonds is 4. The molecular weight excluding hydrogens is 190 g/mol. The van der Waals surface area contributed by atoms with Crippen LogP contribution in [0, 0.1) is 5.92 Å². The van der Waals surface area contributed by atoms with E-state index in [0.29, 0.717) is 12.4 Å². The van der Waals surface area contributed by atoms with Crippen LogP contribution in [-0.2, 0) is 0 Å². The van der Waals surface area contributed by atoms with Gasteiger partial charge in [0, 0.05) is 13.1 Å². The number of likely N-dealkylation sites (tertiary alicyclic amines) is 1. The number of para-hydroxylation sites is 2. The largest absolute Gasteiger partial charge is 0.504 e. The Balaban J connectivity index is 1.72. The van der Waals surface area contributed by atoms with Gasteiger partial charge in [0.05, 0.1) is 6.61 Å². The summed E-state index contributed by atoms with van der Waals surface area (Å²) >= 11 is 0. The Labute approximate surface area is 90.3 Å². The highest BCUT2D eigenvalue weighted by atomic mass is 16.5. The molecule has 0 bridgehead atoms. The van der Waals surface area contributed by atoms with Crippen LogP contribution in [0.2, 0.25) is 0 Å². The summed E-state index contributed by atoms with van der Waals surface area (Å²) in [5.74, 6) is 1.58. The second-order valence-electron chi connectivity index (χ2n) is 4.19. The molecule has 3 heteroatoms. The summed E-state index contributed by atoms with van der Waals surface area (Å²) in [5.41, 5.74) is 0. The van der Waals surface area contributed by atoms with Crippen LogP contribution in [0.4, 0.5) is 0 Å². The minimum absolute atomic E-state index is 0.225. The van der Waals surface area contributed by atoms with Gasteiger partial charge in [-0.3, -0.25) is 0 Å². The predicted octanol–water partition coefficient (Wildman–Crippen LogP) is 1.72.